The number of benzene rings is 2. The first-order valence-electron chi connectivity index (χ1n) is 8.07. The third kappa shape index (κ3) is 3.71. The summed E-state index contributed by atoms with van der Waals surface area (Å²) in [7, 11) is 1.43. The highest BCUT2D eigenvalue weighted by molar-refractivity contribution is 7.98. The van der Waals surface area contributed by atoms with Gasteiger partial charge in [-0.3, -0.25) is 9.36 Å². The fourth-order valence-electron chi connectivity index (χ4n) is 2.66. The minimum Gasteiger partial charge on any atom is -0.494 e. The van der Waals surface area contributed by atoms with E-state index in [1.54, 1.807) is 34.9 Å². The molecule has 1 aromatic heterocycles. The summed E-state index contributed by atoms with van der Waals surface area (Å²) < 4.78 is 20.5. The summed E-state index contributed by atoms with van der Waals surface area (Å²) in [4.78, 5) is 17.5. The van der Waals surface area contributed by atoms with Crippen LogP contribution in [0.5, 0.6) is 5.75 Å². The van der Waals surface area contributed by atoms with Crippen LogP contribution in [-0.4, -0.2) is 16.7 Å². The summed E-state index contributed by atoms with van der Waals surface area (Å²) in [5, 5.41) is 1.64. The molecule has 2 aromatic carbocycles. The molecule has 4 nitrogen and oxygen atoms in total. The average molecular weight is 393 g/mol. The highest BCUT2D eigenvalue weighted by Crippen LogP contribution is 2.27. The Bertz CT molecular complexity index is 1020. The van der Waals surface area contributed by atoms with Crippen molar-refractivity contribution in [2.45, 2.75) is 30.8 Å². The predicted molar refractivity (Wildman–Crippen MR) is 104 cm³/mol. The minimum atomic E-state index is -0.412. The Labute approximate surface area is 160 Å². The first kappa shape index (κ1) is 18.7. The van der Waals surface area contributed by atoms with Gasteiger partial charge in [0, 0.05) is 16.8 Å². The number of fused-ring (bicyclic) bond motifs is 1. The van der Waals surface area contributed by atoms with Gasteiger partial charge in [-0.1, -0.05) is 29.4 Å². The van der Waals surface area contributed by atoms with Crippen molar-refractivity contribution >= 4 is 34.3 Å². The number of nitrogens with zero attached hydrogens (tertiary/aromatic N) is 2. The van der Waals surface area contributed by atoms with Gasteiger partial charge >= 0.3 is 0 Å². The summed E-state index contributed by atoms with van der Waals surface area (Å²) in [6.45, 7) is 3.86. The number of thioether (sulfide) groups is 1. The zero-order valence-corrected chi connectivity index (χ0v) is 16.2. The van der Waals surface area contributed by atoms with E-state index in [4.69, 9.17) is 16.3 Å². The Morgan fingerprint density at radius 3 is 2.69 bits per heavy atom. The van der Waals surface area contributed by atoms with E-state index in [1.165, 1.54) is 24.9 Å². The van der Waals surface area contributed by atoms with Gasteiger partial charge in [-0.2, -0.15) is 0 Å². The molecule has 0 aliphatic carbocycles. The third-order valence-corrected chi connectivity index (χ3v) is 5.19. The van der Waals surface area contributed by atoms with Crippen LogP contribution in [0.25, 0.3) is 10.9 Å². The van der Waals surface area contributed by atoms with Crippen molar-refractivity contribution < 1.29 is 9.13 Å². The topological polar surface area (TPSA) is 44.1 Å². The van der Waals surface area contributed by atoms with Crippen molar-refractivity contribution in [3.63, 3.8) is 0 Å². The zero-order chi connectivity index (χ0) is 18.8. The second-order valence-corrected chi connectivity index (χ2v) is 7.46. The van der Waals surface area contributed by atoms with Crippen LogP contribution in [0, 0.1) is 5.82 Å². The zero-order valence-electron chi connectivity index (χ0n) is 14.6. The van der Waals surface area contributed by atoms with E-state index >= 15 is 0 Å². The molecule has 0 saturated carbocycles. The largest absolute Gasteiger partial charge is 0.494 e. The smallest absolute Gasteiger partial charge is 0.262 e. The fraction of sp³-hybridized carbons (Fsp3) is 0.263. The summed E-state index contributed by atoms with van der Waals surface area (Å²) in [5.74, 6) is 0.271. The van der Waals surface area contributed by atoms with Crippen molar-refractivity contribution in [3.8, 4) is 5.75 Å². The molecule has 3 aromatic rings. The van der Waals surface area contributed by atoms with Crippen molar-refractivity contribution in [3.05, 3.63) is 63.2 Å². The summed E-state index contributed by atoms with van der Waals surface area (Å²) in [6.07, 6.45) is 0. The Morgan fingerprint density at radius 2 is 2.04 bits per heavy atom. The Balaban J connectivity index is 1.99. The lowest BCUT2D eigenvalue weighted by Crippen LogP contribution is -2.25. The Morgan fingerprint density at radius 1 is 1.27 bits per heavy atom. The van der Waals surface area contributed by atoms with Crippen LogP contribution in [0.4, 0.5) is 4.39 Å². The van der Waals surface area contributed by atoms with E-state index in [-0.39, 0.29) is 17.4 Å². The fourth-order valence-corrected chi connectivity index (χ4v) is 3.89. The molecule has 3 rings (SSSR count). The summed E-state index contributed by atoms with van der Waals surface area (Å²) in [6, 6.07) is 9.83. The first-order chi connectivity index (χ1) is 12.4. The maximum atomic E-state index is 13.9. The molecule has 0 saturated heterocycles. The lowest BCUT2D eigenvalue weighted by molar-refractivity contribution is 0.386. The van der Waals surface area contributed by atoms with Crippen LogP contribution >= 0.6 is 23.4 Å². The molecule has 0 aliphatic heterocycles. The summed E-state index contributed by atoms with van der Waals surface area (Å²) >= 11 is 7.42. The van der Waals surface area contributed by atoms with Gasteiger partial charge in [0.05, 0.1) is 18.0 Å². The van der Waals surface area contributed by atoms with Crippen LogP contribution in [0.3, 0.4) is 0 Å². The Kier molecular flexibility index (Phi) is 5.53. The van der Waals surface area contributed by atoms with Gasteiger partial charge in [0.25, 0.3) is 5.56 Å². The minimum absolute atomic E-state index is 0.0508. The van der Waals surface area contributed by atoms with E-state index in [1.807, 2.05) is 13.8 Å². The van der Waals surface area contributed by atoms with Crippen molar-refractivity contribution in [2.75, 3.05) is 7.11 Å². The van der Waals surface area contributed by atoms with Gasteiger partial charge in [-0.25, -0.2) is 9.37 Å². The number of hydrogen-bond donors (Lipinski definition) is 0. The molecule has 0 spiro atoms. The normalized spacial score (nSPS) is 11.3. The second kappa shape index (κ2) is 7.68. The van der Waals surface area contributed by atoms with Gasteiger partial charge in [0.15, 0.2) is 16.7 Å². The SMILES string of the molecule is COc1ccc(CSc2nc3cc(Cl)ccc3c(=O)n2C(C)C)cc1F. The number of halogens is 2. The lowest BCUT2D eigenvalue weighted by atomic mass is 10.2. The maximum Gasteiger partial charge on any atom is 0.262 e. The predicted octanol–water partition coefficient (Wildman–Crippen LogP) is 5.07. The molecule has 0 bridgehead atoms. The van der Waals surface area contributed by atoms with E-state index in [0.29, 0.717) is 26.8 Å². The van der Waals surface area contributed by atoms with Crippen molar-refractivity contribution in [1.29, 1.82) is 0 Å². The lowest BCUT2D eigenvalue weighted by Gasteiger charge is -2.16. The molecule has 0 unspecified atom stereocenters. The number of ether oxygens (including phenoxy) is 1. The van der Waals surface area contributed by atoms with Crippen LogP contribution < -0.4 is 10.3 Å². The van der Waals surface area contributed by atoms with E-state index in [0.717, 1.165) is 5.56 Å². The van der Waals surface area contributed by atoms with Gasteiger partial charge in [-0.05, 0) is 49.7 Å². The summed E-state index contributed by atoms with van der Waals surface area (Å²) in [5.41, 5.74) is 1.23. The number of methoxy groups -OCH3 is 1. The molecule has 0 aliphatic rings. The van der Waals surface area contributed by atoms with Crippen LogP contribution in [0.2, 0.25) is 5.02 Å². The molecule has 0 N–H and O–H groups in total. The molecule has 7 heteroatoms. The molecular weight excluding hydrogens is 375 g/mol. The molecule has 26 heavy (non-hydrogen) atoms. The maximum absolute atomic E-state index is 13.9. The highest BCUT2D eigenvalue weighted by Gasteiger charge is 2.15. The van der Waals surface area contributed by atoms with E-state index in [9.17, 15) is 9.18 Å². The van der Waals surface area contributed by atoms with Crippen LogP contribution in [0.1, 0.15) is 25.5 Å². The van der Waals surface area contributed by atoms with Gasteiger partial charge < -0.3 is 4.74 Å². The van der Waals surface area contributed by atoms with Gasteiger partial charge in [-0.15, -0.1) is 0 Å². The third-order valence-electron chi connectivity index (χ3n) is 3.93. The first-order valence-corrected chi connectivity index (χ1v) is 9.44. The quantitative estimate of drug-likeness (QED) is 0.449. The molecule has 0 radical (unpaired) electrons. The van der Waals surface area contributed by atoms with Crippen LogP contribution in [-0.2, 0) is 5.75 Å². The van der Waals surface area contributed by atoms with E-state index < -0.39 is 5.82 Å². The van der Waals surface area contributed by atoms with Gasteiger partial charge in [0.1, 0.15) is 0 Å². The van der Waals surface area contributed by atoms with Crippen LogP contribution in [0.15, 0.2) is 46.3 Å². The standard InChI is InChI=1S/C19H18ClFN2O2S/c1-11(2)23-18(24)14-6-5-13(20)9-16(14)22-19(23)26-10-12-4-7-17(25-3)15(21)8-12/h4-9,11H,10H2,1-3H3. The van der Waals surface area contributed by atoms with Crippen molar-refractivity contribution in [1.82, 2.24) is 9.55 Å². The molecule has 0 amide bonds. The molecular formula is C19H18ClFN2O2S. The van der Waals surface area contributed by atoms with Crippen molar-refractivity contribution in [2.24, 2.45) is 0 Å². The Hall–Kier alpha value is -2.05. The van der Waals surface area contributed by atoms with E-state index in [2.05, 4.69) is 4.98 Å². The molecule has 0 fully saturated rings. The number of rotatable bonds is 5. The monoisotopic (exact) mass is 392 g/mol. The highest BCUT2D eigenvalue weighted by atomic mass is 35.5. The number of hydrogen-bond acceptors (Lipinski definition) is 4. The number of aromatic nitrogens is 2. The molecule has 136 valence electrons. The van der Waals surface area contributed by atoms with Gasteiger partial charge in [0.2, 0.25) is 0 Å². The average Bonchev–Trinajstić information content (AvgIpc) is 2.59. The molecule has 1 heterocycles. The second-order valence-electron chi connectivity index (χ2n) is 6.08. The molecule has 0 atom stereocenters.